The number of benzene rings is 1. The number of nitrogens with zero attached hydrogens (tertiary/aromatic N) is 1. The maximum absolute atomic E-state index is 11.5. The van der Waals surface area contributed by atoms with Gasteiger partial charge in [0.2, 0.25) is 5.91 Å². The lowest BCUT2D eigenvalue weighted by atomic mass is 10.1. The molecule has 0 saturated carbocycles. The number of carboxylic acid groups (broad SMARTS) is 1. The van der Waals surface area contributed by atoms with E-state index in [0.717, 1.165) is 5.69 Å². The first-order valence-corrected chi connectivity index (χ1v) is 5.43. The molecule has 0 spiro atoms. The topological polar surface area (TPSA) is 69.6 Å². The molecule has 1 aliphatic rings. The highest BCUT2D eigenvalue weighted by Crippen LogP contribution is 2.31. The molecule has 2 rings (SSSR count). The van der Waals surface area contributed by atoms with Crippen molar-refractivity contribution in [3.63, 3.8) is 0 Å². The monoisotopic (exact) mass is 234 g/mol. The zero-order chi connectivity index (χ0) is 12.6. The van der Waals surface area contributed by atoms with Crippen molar-refractivity contribution in [2.45, 2.75) is 19.9 Å². The summed E-state index contributed by atoms with van der Waals surface area (Å²) in [7, 11) is 0. The van der Waals surface area contributed by atoms with Gasteiger partial charge in [-0.25, -0.2) is 4.79 Å². The van der Waals surface area contributed by atoms with Crippen molar-refractivity contribution in [2.75, 3.05) is 16.8 Å². The molecule has 1 aliphatic heterocycles. The molecule has 0 bridgehead atoms. The summed E-state index contributed by atoms with van der Waals surface area (Å²) >= 11 is 0. The van der Waals surface area contributed by atoms with E-state index >= 15 is 0 Å². The number of fused-ring (bicyclic) bond motifs is 1. The molecule has 90 valence electrons. The highest BCUT2D eigenvalue weighted by atomic mass is 16.4. The number of carbonyl (C=O) groups excluding carboxylic acids is 1. The summed E-state index contributed by atoms with van der Waals surface area (Å²) in [6.45, 7) is 4.29. The minimum Gasteiger partial charge on any atom is -0.478 e. The number of aromatic carboxylic acids is 1. The lowest BCUT2D eigenvalue weighted by Crippen LogP contribution is -2.42. The second-order valence-corrected chi connectivity index (χ2v) is 4.31. The van der Waals surface area contributed by atoms with Gasteiger partial charge >= 0.3 is 5.97 Å². The number of carbonyl (C=O) groups is 2. The molecule has 1 aromatic rings. The van der Waals surface area contributed by atoms with Crippen LogP contribution in [0.2, 0.25) is 0 Å². The lowest BCUT2D eigenvalue weighted by Gasteiger charge is -2.34. The van der Waals surface area contributed by atoms with Gasteiger partial charge in [-0.1, -0.05) is 0 Å². The van der Waals surface area contributed by atoms with Crippen LogP contribution >= 0.6 is 0 Å². The predicted octanol–water partition coefficient (Wildman–Crippen LogP) is 1.55. The van der Waals surface area contributed by atoms with Gasteiger partial charge in [-0.15, -0.1) is 0 Å². The third-order valence-electron chi connectivity index (χ3n) is 2.76. The Bertz CT molecular complexity index is 483. The van der Waals surface area contributed by atoms with Gasteiger partial charge in [-0.05, 0) is 32.0 Å². The molecule has 0 fully saturated rings. The molecule has 2 N–H and O–H groups in total. The van der Waals surface area contributed by atoms with Crippen LogP contribution in [0.5, 0.6) is 0 Å². The fourth-order valence-corrected chi connectivity index (χ4v) is 1.91. The predicted molar refractivity (Wildman–Crippen MR) is 64.5 cm³/mol. The van der Waals surface area contributed by atoms with Crippen molar-refractivity contribution in [1.29, 1.82) is 0 Å². The Hall–Kier alpha value is -2.04. The molecule has 0 saturated heterocycles. The summed E-state index contributed by atoms with van der Waals surface area (Å²) in [6.07, 6.45) is 0. The SMILES string of the molecule is CC(C)N1CC(=O)Nc2cc(C(=O)O)ccc21. The second kappa shape index (κ2) is 4.08. The minimum absolute atomic E-state index is 0.117. The molecule has 0 atom stereocenters. The van der Waals surface area contributed by atoms with Gasteiger partial charge in [0.15, 0.2) is 0 Å². The van der Waals surface area contributed by atoms with Crippen molar-refractivity contribution in [3.8, 4) is 0 Å². The average molecular weight is 234 g/mol. The second-order valence-electron chi connectivity index (χ2n) is 4.31. The van der Waals surface area contributed by atoms with Gasteiger partial charge in [-0.2, -0.15) is 0 Å². The van der Waals surface area contributed by atoms with Gasteiger partial charge in [0.05, 0.1) is 23.5 Å². The van der Waals surface area contributed by atoms with Crippen LogP contribution < -0.4 is 10.2 Å². The van der Waals surface area contributed by atoms with Crippen molar-refractivity contribution in [2.24, 2.45) is 0 Å². The van der Waals surface area contributed by atoms with E-state index in [1.807, 2.05) is 18.7 Å². The van der Waals surface area contributed by atoms with E-state index in [9.17, 15) is 9.59 Å². The maximum Gasteiger partial charge on any atom is 0.335 e. The van der Waals surface area contributed by atoms with Crippen molar-refractivity contribution in [1.82, 2.24) is 0 Å². The Balaban J connectivity index is 2.47. The molecule has 17 heavy (non-hydrogen) atoms. The molecule has 5 nitrogen and oxygen atoms in total. The Morgan fingerprint density at radius 1 is 1.47 bits per heavy atom. The number of amides is 1. The molecule has 0 radical (unpaired) electrons. The van der Waals surface area contributed by atoms with E-state index in [1.165, 1.54) is 6.07 Å². The molecule has 5 heteroatoms. The van der Waals surface area contributed by atoms with Crippen molar-refractivity contribution < 1.29 is 14.7 Å². The summed E-state index contributed by atoms with van der Waals surface area (Å²) in [5.41, 5.74) is 1.61. The third-order valence-corrected chi connectivity index (χ3v) is 2.76. The molecule has 1 aromatic carbocycles. The van der Waals surface area contributed by atoms with E-state index in [2.05, 4.69) is 5.32 Å². The molecule has 0 aromatic heterocycles. The van der Waals surface area contributed by atoms with E-state index < -0.39 is 5.97 Å². The maximum atomic E-state index is 11.5. The van der Waals surface area contributed by atoms with Crippen LogP contribution in [0.15, 0.2) is 18.2 Å². The van der Waals surface area contributed by atoms with Crippen LogP contribution in [0.1, 0.15) is 24.2 Å². The first-order valence-electron chi connectivity index (χ1n) is 5.43. The van der Waals surface area contributed by atoms with Crippen LogP contribution in [0, 0.1) is 0 Å². The van der Waals surface area contributed by atoms with Crippen LogP contribution in [0.3, 0.4) is 0 Å². The van der Waals surface area contributed by atoms with Crippen LogP contribution in [-0.4, -0.2) is 29.6 Å². The van der Waals surface area contributed by atoms with Crippen molar-refractivity contribution >= 4 is 23.3 Å². The van der Waals surface area contributed by atoms with Crippen LogP contribution in [-0.2, 0) is 4.79 Å². The number of carboxylic acids is 1. The summed E-state index contributed by atoms with van der Waals surface area (Å²) in [6, 6.07) is 4.96. The van der Waals surface area contributed by atoms with E-state index in [4.69, 9.17) is 5.11 Å². The van der Waals surface area contributed by atoms with Gasteiger partial charge in [-0.3, -0.25) is 4.79 Å². The number of rotatable bonds is 2. The normalized spacial score (nSPS) is 14.5. The third kappa shape index (κ3) is 2.08. The first-order chi connectivity index (χ1) is 7.99. The highest BCUT2D eigenvalue weighted by molar-refractivity contribution is 6.03. The Labute approximate surface area is 99.0 Å². The quantitative estimate of drug-likeness (QED) is 0.814. The Kier molecular flexibility index (Phi) is 2.75. The fraction of sp³-hybridized carbons (Fsp3) is 0.333. The molecule has 1 heterocycles. The van der Waals surface area contributed by atoms with Gasteiger partial charge in [0, 0.05) is 6.04 Å². The van der Waals surface area contributed by atoms with E-state index in [-0.39, 0.29) is 17.5 Å². The number of nitrogens with one attached hydrogen (secondary N) is 1. The molecule has 0 aliphatic carbocycles. The van der Waals surface area contributed by atoms with Gasteiger partial charge < -0.3 is 15.3 Å². The summed E-state index contributed by atoms with van der Waals surface area (Å²) in [5.74, 6) is -1.11. The molecule has 0 unspecified atom stereocenters. The van der Waals surface area contributed by atoms with E-state index in [0.29, 0.717) is 12.2 Å². The fourth-order valence-electron chi connectivity index (χ4n) is 1.91. The smallest absolute Gasteiger partial charge is 0.335 e. The zero-order valence-electron chi connectivity index (χ0n) is 9.73. The first kappa shape index (κ1) is 11.4. The standard InChI is InChI=1S/C12H14N2O3/c1-7(2)14-6-11(15)13-9-5-8(12(16)17)3-4-10(9)14/h3-5,7H,6H2,1-2H3,(H,13,15)(H,16,17). The molecular formula is C12H14N2O3. The van der Waals surface area contributed by atoms with Crippen LogP contribution in [0.25, 0.3) is 0 Å². The molecular weight excluding hydrogens is 220 g/mol. The van der Waals surface area contributed by atoms with Crippen molar-refractivity contribution in [3.05, 3.63) is 23.8 Å². The van der Waals surface area contributed by atoms with Gasteiger partial charge in [0.25, 0.3) is 0 Å². The number of hydrogen-bond acceptors (Lipinski definition) is 3. The van der Waals surface area contributed by atoms with E-state index in [1.54, 1.807) is 12.1 Å². The zero-order valence-corrected chi connectivity index (χ0v) is 9.73. The Morgan fingerprint density at radius 2 is 2.18 bits per heavy atom. The summed E-state index contributed by atoms with van der Waals surface area (Å²) in [5, 5.41) is 11.6. The number of anilines is 2. The Morgan fingerprint density at radius 3 is 2.76 bits per heavy atom. The number of hydrogen-bond donors (Lipinski definition) is 2. The van der Waals surface area contributed by atoms with Crippen LogP contribution in [0.4, 0.5) is 11.4 Å². The highest BCUT2D eigenvalue weighted by Gasteiger charge is 2.24. The summed E-state index contributed by atoms with van der Waals surface area (Å²) < 4.78 is 0. The summed E-state index contributed by atoms with van der Waals surface area (Å²) in [4.78, 5) is 24.3. The average Bonchev–Trinajstić information content (AvgIpc) is 2.26. The largest absolute Gasteiger partial charge is 0.478 e. The lowest BCUT2D eigenvalue weighted by molar-refractivity contribution is -0.115. The van der Waals surface area contributed by atoms with Gasteiger partial charge in [0.1, 0.15) is 0 Å². The molecule has 1 amide bonds. The minimum atomic E-state index is -0.997.